The van der Waals surface area contributed by atoms with Crippen molar-refractivity contribution in [3.05, 3.63) is 63.7 Å². The van der Waals surface area contributed by atoms with Gasteiger partial charge in [-0.05, 0) is 55.7 Å². The topological polar surface area (TPSA) is 259 Å². The van der Waals surface area contributed by atoms with Crippen molar-refractivity contribution in [2.24, 2.45) is 11.7 Å². The van der Waals surface area contributed by atoms with Crippen molar-refractivity contribution in [3.63, 3.8) is 0 Å². The average Bonchev–Trinajstić information content (AvgIpc) is 2.95. The van der Waals surface area contributed by atoms with Crippen LogP contribution in [-0.2, 0) is 25.7 Å². The van der Waals surface area contributed by atoms with Gasteiger partial charge in [-0.2, -0.15) is 0 Å². The molecule has 15 nitrogen and oxygen atoms in total. The molecule has 3 aromatic rings. The molecule has 1 aromatic heterocycles. The van der Waals surface area contributed by atoms with Gasteiger partial charge in [-0.15, -0.1) is 0 Å². The quantitative estimate of drug-likeness (QED) is 0.116. The molecule has 44 heavy (non-hydrogen) atoms. The fraction of sp³-hybridized carbons (Fsp3) is 0.321. The van der Waals surface area contributed by atoms with Gasteiger partial charge in [0.25, 0.3) is 11.5 Å². The van der Waals surface area contributed by atoms with Crippen LogP contribution in [0.1, 0.15) is 42.1 Å². The summed E-state index contributed by atoms with van der Waals surface area (Å²) in [5.74, 6) is -9.93. The zero-order valence-electron chi connectivity index (χ0n) is 23.4. The molecule has 0 saturated heterocycles. The standard InChI is InChI=1S/C28H31FN6O9/c1-2-35(12-13-3-7-20-16(9-13)25(40)34-28(31)33-20)14-4-5-15(18(29)10-14)24(39)32-21(27(43)44)11-17(26(41)42)23(38)19(30)6-8-22(36)37/h3-5,7,9-10,17,19,21H,2,6,8,11-12,30H2,1H3,(H,32,39)(H,36,37)(H,41,42)(H,43,44)(H3,31,33,34,40)/t17?,19-,21-/m1/s1. The molecule has 0 bridgehead atoms. The number of carboxylic acid groups (broad SMARTS) is 3. The number of fused-ring (bicyclic) bond motifs is 1. The van der Waals surface area contributed by atoms with E-state index < -0.39 is 77.4 Å². The monoisotopic (exact) mass is 614 g/mol. The number of hydrogen-bond donors (Lipinski definition) is 7. The van der Waals surface area contributed by atoms with E-state index in [0.29, 0.717) is 28.7 Å². The van der Waals surface area contributed by atoms with Gasteiger partial charge in [0, 0.05) is 25.2 Å². The van der Waals surface area contributed by atoms with Crippen LogP contribution in [0.3, 0.4) is 0 Å². The number of amides is 1. The van der Waals surface area contributed by atoms with E-state index in [1.165, 1.54) is 6.07 Å². The van der Waals surface area contributed by atoms with Crippen molar-refractivity contribution in [1.29, 1.82) is 0 Å². The molecule has 3 atom stereocenters. The molecule has 1 unspecified atom stereocenters. The summed E-state index contributed by atoms with van der Waals surface area (Å²) in [4.78, 5) is 80.2. The number of nitrogens with two attached hydrogens (primary N) is 2. The molecule has 234 valence electrons. The zero-order chi connectivity index (χ0) is 32.7. The van der Waals surface area contributed by atoms with Crippen molar-refractivity contribution in [1.82, 2.24) is 15.3 Å². The summed E-state index contributed by atoms with van der Waals surface area (Å²) in [6.45, 7) is 2.46. The lowest BCUT2D eigenvalue weighted by Gasteiger charge is -2.24. The van der Waals surface area contributed by atoms with E-state index in [4.69, 9.17) is 16.6 Å². The Labute approximate surface area is 248 Å². The molecule has 9 N–H and O–H groups in total. The van der Waals surface area contributed by atoms with Crippen molar-refractivity contribution >= 4 is 52.1 Å². The number of rotatable bonds is 15. The number of carboxylic acids is 3. The minimum Gasteiger partial charge on any atom is -0.481 e. The second-order valence-electron chi connectivity index (χ2n) is 9.91. The van der Waals surface area contributed by atoms with Crippen molar-refractivity contribution < 1.29 is 43.7 Å². The molecule has 0 aliphatic heterocycles. The maximum absolute atomic E-state index is 15.1. The molecule has 1 amide bonds. The van der Waals surface area contributed by atoms with E-state index in [9.17, 15) is 39.0 Å². The van der Waals surface area contributed by atoms with E-state index >= 15 is 4.39 Å². The molecule has 0 aliphatic rings. The Morgan fingerprint density at radius 2 is 1.77 bits per heavy atom. The number of halogens is 1. The van der Waals surface area contributed by atoms with Crippen LogP contribution < -0.4 is 27.2 Å². The molecule has 3 rings (SSSR count). The molecular formula is C28H31FN6O9. The number of H-pyrrole nitrogens is 1. The van der Waals surface area contributed by atoms with E-state index in [0.717, 1.165) is 12.1 Å². The van der Waals surface area contributed by atoms with Gasteiger partial charge in [-0.25, -0.2) is 14.2 Å². The molecule has 0 saturated carbocycles. The van der Waals surface area contributed by atoms with Gasteiger partial charge in [-0.3, -0.25) is 29.0 Å². The lowest BCUT2D eigenvalue weighted by molar-refractivity contribution is -0.148. The maximum atomic E-state index is 15.1. The number of aromatic amines is 1. The Morgan fingerprint density at radius 1 is 1.07 bits per heavy atom. The largest absolute Gasteiger partial charge is 0.481 e. The van der Waals surface area contributed by atoms with Gasteiger partial charge >= 0.3 is 17.9 Å². The van der Waals surface area contributed by atoms with Crippen LogP contribution in [0.5, 0.6) is 0 Å². The van der Waals surface area contributed by atoms with Crippen LogP contribution in [-0.4, -0.2) is 73.5 Å². The van der Waals surface area contributed by atoms with Crippen molar-refractivity contribution in [2.45, 2.75) is 44.8 Å². The number of nitrogens with one attached hydrogen (secondary N) is 2. The van der Waals surface area contributed by atoms with Gasteiger partial charge in [0.1, 0.15) is 17.8 Å². The highest BCUT2D eigenvalue weighted by atomic mass is 19.1. The van der Waals surface area contributed by atoms with Crippen LogP contribution in [0.25, 0.3) is 10.9 Å². The SMILES string of the molecule is CCN(Cc1ccc2nc(N)[nH]c(=O)c2c1)c1ccc(C(=O)N[C@H](CC(C(=O)O)C(=O)[C@H](N)CCC(=O)O)C(=O)O)c(F)c1. The summed E-state index contributed by atoms with van der Waals surface area (Å²) in [6, 6.07) is 5.20. The summed E-state index contributed by atoms with van der Waals surface area (Å²) >= 11 is 0. The fourth-order valence-electron chi connectivity index (χ4n) is 4.50. The first-order valence-corrected chi connectivity index (χ1v) is 13.3. The molecule has 2 aromatic carbocycles. The number of nitrogens with zero attached hydrogens (tertiary/aromatic N) is 2. The first-order valence-electron chi connectivity index (χ1n) is 13.3. The first-order chi connectivity index (χ1) is 20.7. The molecule has 0 fully saturated rings. The third-order valence-electron chi connectivity index (χ3n) is 6.86. The highest BCUT2D eigenvalue weighted by molar-refractivity contribution is 6.02. The third-order valence-corrected chi connectivity index (χ3v) is 6.86. The number of nitrogen functional groups attached to an aromatic ring is 1. The number of carbonyl (C=O) groups excluding carboxylic acids is 2. The van der Waals surface area contributed by atoms with Crippen molar-refractivity contribution in [2.75, 3.05) is 17.2 Å². The number of benzene rings is 2. The Kier molecular flexibility index (Phi) is 10.7. The number of aliphatic carboxylic acids is 3. The number of carbonyl (C=O) groups is 5. The van der Waals surface area contributed by atoms with E-state index in [1.807, 2.05) is 5.32 Å². The number of ketones is 1. The zero-order valence-corrected chi connectivity index (χ0v) is 23.4. The summed E-state index contributed by atoms with van der Waals surface area (Å²) in [5.41, 5.74) is 11.7. The van der Waals surface area contributed by atoms with Crippen LogP contribution in [0.2, 0.25) is 0 Å². The Morgan fingerprint density at radius 3 is 2.36 bits per heavy atom. The second-order valence-corrected chi connectivity index (χ2v) is 9.91. The van der Waals surface area contributed by atoms with Gasteiger partial charge in [0.05, 0.1) is 22.5 Å². The van der Waals surface area contributed by atoms with Gasteiger partial charge in [0.15, 0.2) is 5.78 Å². The van der Waals surface area contributed by atoms with Gasteiger partial charge in [0.2, 0.25) is 5.95 Å². The van der Waals surface area contributed by atoms with Gasteiger partial charge in [-0.1, -0.05) is 6.07 Å². The molecule has 0 radical (unpaired) electrons. The average molecular weight is 615 g/mol. The lowest BCUT2D eigenvalue weighted by atomic mass is 9.90. The predicted octanol–water partition coefficient (Wildman–Crippen LogP) is 0.706. The Bertz CT molecular complexity index is 1660. The number of hydrogen-bond acceptors (Lipinski definition) is 10. The smallest absolute Gasteiger partial charge is 0.326 e. The van der Waals surface area contributed by atoms with Crippen LogP contribution in [0.4, 0.5) is 16.0 Å². The van der Waals surface area contributed by atoms with Gasteiger partial charge < -0.3 is 37.0 Å². The van der Waals surface area contributed by atoms with Crippen molar-refractivity contribution in [3.8, 4) is 0 Å². The second kappa shape index (κ2) is 14.2. The van der Waals surface area contributed by atoms with Crippen LogP contribution in [0, 0.1) is 11.7 Å². The normalized spacial score (nSPS) is 13.1. The summed E-state index contributed by atoms with van der Waals surface area (Å²) < 4.78 is 15.1. The summed E-state index contributed by atoms with van der Waals surface area (Å²) in [5, 5.41) is 30.2. The molecule has 0 spiro atoms. The molecular weight excluding hydrogens is 583 g/mol. The van der Waals surface area contributed by atoms with Crippen LogP contribution in [0.15, 0.2) is 41.2 Å². The lowest BCUT2D eigenvalue weighted by Crippen LogP contribution is -2.47. The van der Waals surface area contributed by atoms with Crippen LogP contribution >= 0.6 is 0 Å². The summed E-state index contributed by atoms with van der Waals surface area (Å²) in [7, 11) is 0. The molecule has 16 heteroatoms. The highest BCUT2D eigenvalue weighted by Gasteiger charge is 2.36. The number of Topliss-reactive ketones (excluding diaryl/α,β-unsaturated/α-hetero) is 1. The molecule has 1 heterocycles. The minimum absolute atomic E-state index is 0.0212. The van der Waals surface area contributed by atoms with E-state index in [-0.39, 0.29) is 18.9 Å². The Hall–Kier alpha value is -5.38. The minimum atomic E-state index is -1.97. The first kappa shape index (κ1) is 33.1. The molecule has 0 aliphatic carbocycles. The Balaban J connectivity index is 1.76. The van der Waals surface area contributed by atoms with E-state index in [2.05, 4.69) is 9.97 Å². The summed E-state index contributed by atoms with van der Waals surface area (Å²) in [6.07, 6.45) is -1.80. The highest BCUT2D eigenvalue weighted by Crippen LogP contribution is 2.23. The number of aromatic nitrogens is 2. The third kappa shape index (κ3) is 8.13. The van der Waals surface area contributed by atoms with E-state index in [1.54, 1.807) is 30.0 Å². The fourth-order valence-corrected chi connectivity index (χ4v) is 4.50. The number of anilines is 2. The predicted molar refractivity (Wildman–Crippen MR) is 154 cm³/mol. The maximum Gasteiger partial charge on any atom is 0.326 e.